The maximum Gasteiger partial charge on any atom is 0.246 e. The Bertz CT molecular complexity index is 383. The van der Waals surface area contributed by atoms with E-state index in [-0.39, 0.29) is 5.91 Å². The predicted octanol–water partition coefficient (Wildman–Crippen LogP) is 1.40. The molecule has 88 valence electrons. The van der Waals surface area contributed by atoms with E-state index in [9.17, 15) is 4.79 Å². The molecule has 1 aromatic carbocycles. The first-order valence-corrected chi connectivity index (χ1v) is 5.07. The van der Waals surface area contributed by atoms with Crippen molar-refractivity contribution in [3.05, 3.63) is 24.3 Å². The lowest BCUT2D eigenvalue weighted by atomic mass is 10.1. The molecule has 0 heterocycles. The summed E-state index contributed by atoms with van der Waals surface area (Å²) in [5.74, 6) is 0.577. The zero-order valence-electron chi connectivity index (χ0n) is 10.2. The monoisotopic (exact) mass is 222 g/mol. The normalized spacial score (nSPS) is 11.1. The zero-order chi connectivity index (χ0) is 12.3. The maximum atomic E-state index is 11.9. The molecule has 1 amide bonds. The van der Waals surface area contributed by atoms with Crippen molar-refractivity contribution >= 4 is 11.6 Å². The van der Waals surface area contributed by atoms with E-state index in [2.05, 4.69) is 0 Å². The highest BCUT2D eigenvalue weighted by molar-refractivity contribution is 5.99. The molecule has 0 radical (unpaired) electrons. The van der Waals surface area contributed by atoms with Gasteiger partial charge in [-0.25, -0.2) is 0 Å². The first kappa shape index (κ1) is 12.5. The first-order valence-electron chi connectivity index (χ1n) is 5.07. The number of anilines is 1. The van der Waals surface area contributed by atoms with Gasteiger partial charge in [0.05, 0.1) is 12.6 Å². The highest BCUT2D eigenvalue weighted by Crippen LogP contribution is 2.21. The number of hydrogen-bond acceptors (Lipinski definition) is 3. The molecule has 0 aliphatic carbocycles. The Morgan fingerprint density at radius 1 is 1.44 bits per heavy atom. The molecule has 0 spiro atoms. The molecule has 0 saturated carbocycles. The average molecular weight is 222 g/mol. The van der Waals surface area contributed by atoms with E-state index < -0.39 is 5.54 Å². The van der Waals surface area contributed by atoms with Crippen LogP contribution in [-0.4, -0.2) is 25.6 Å². The van der Waals surface area contributed by atoms with Gasteiger partial charge in [0.2, 0.25) is 5.91 Å². The second-order valence-electron chi connectivity index (χ2n) is 4.29. The highest BCUT2D eigenvalue weighted by atomic mass is 16.5. The van der Waals surface area contributed by atoms with Crippen LogP contribution in [0.3, 0.4) is 0 Å². The first-order chi connectivity index (χ1) is 7.36. The number of carbonyl (C=O) groups excluding carboxylic acids is 1. The molecular formula is C12H18N2O2. The number of amides is 1. The number of nitrogens with zero attached hydrogens (tertiary/aromatic N) is 1. The van der Waals surface area contributed by atoms with Gasteiger partial charge in [0.25, 0.3) is 0 Å². The Kier molecular flexibility index (Phi) is 3.55. The molecular weight excluding hydrogens is 204 g/mol. The van der Waals surface area contributed by atoms with Gasteiger partial charge in [-0.3, -0.25) is 4.79 Å². The van der Waals surface area contributed by atoms with Crippen LogP contribution in [0.2, 0.25) is 0 Å². The van der Waals surface area contributed by atoms with Crippen molar-refractivity contribution in [1.82, 2.24) is 0 Å². The number of benzene rings is 1. The Morgan fingerprint density at radius 2 is 2.06 bits per heavy atom. The number of methoxy groups -OCH3 is 1. The molecule has 2 N–H and O–H groups in total. The van der Waals surface area contributed by atoms with Crippen molar-refractivity contribution in [3.63, 3.8) is 0 Å². The Balaban J connectivity index is 2.96. The van der Waals surface area contributed by atoms with Crippen molar-refractivity contribution in [1.29, 1.82) is 0 Å². The fourth-order valence-corrected chi connectivity index (χ4v) is 1.37. The molecule has 0 fully saturated rings. The third-order valence-electron chi connectivity index (χ3n) is 2.30. The second kappa shape index (κ2) is 4.53. The maximum absolute atomic E-state index is 11.9. The summed E-state index contributed by atoms with van der Waals surface area (Å²) in [6.45, 7) is 3.37. The van der Waals surface area contributed by atoms with Crippen LogP contribution in [0.15, 0.2) is 24.3 Å². The van der Waals surface area contributed by atoms with Gasteiger partial charge in [-0.1, -0.05) is 6.07 Å². The fraction of sp³-hybridized carbons (Fsp3) is 0.417. The summed E-state index contributed by atoms with van der Waals surface area (Å²) >= 11 is 0. The quantitative estimate of drug-likeness (QED) is 0.841. The lowest BCUT2D eigenvalue weighted by Crippen LogP contribution is -2.49. The van der Waals surface area contributed by atoms with E-state index in [1.807, 2.05) is 18.2 Å². The molecule has 0 bridgehead atoms. The van der Waals surface area contributed by atoms with Crippen molar-refractivity contribution in [3.8, 4) is 5.75 Å². The minimum absolute atomic E-state index is 0.138. The fourth-order valence-electron chi connectivity index (χ4n) is 1.37. The standard InChI is InChI=1S/C12H18N2O2/c1-12(2,13)11(15)14(3)9-6-5-7-10(8-9)16-4/h5-8H,13H2,1-4H3. The summed E-state index contributed by atoms with van der Waals surface area (Å²) in [5.41, 5.74) is 5.65. The lowest BCUT2D eigenvalue weighted by molar-refractivity contribution is -0.122. The SMILES string of the molecule is COc1cccc(N(C)C(=O)C(C)(C)N)c1. The Labute approximate surface area is 96.0 Å². The van der Waals surface area contributed by atoms with Crippen LogP contribution in [0, 0.1) is 0 Å². The second-order valence-corrected chi connectivity index (χ2v) is 4.29. The molecule has 0 aromatic heterocycles. The van der Waals surface area contributed by atoms with Crippen LogP contribution >= 0.6 is 0 Å². The molecule has 1 aromatic rings. The van der Waals surface area contributed by atoms with Crippen LogP contribution in [0.4, 0.5) is 5.69 Å². The largest absolute Gasteiger partial charge is 0.497 e. The minimum atomic E-state index is -0.877. The number of hydrogen-bond donors (Lipinski definition) is 1. The third-order valence-corrected chi connectivity index (χ3v) is 2.30. The number of rotatable bonds is 3. The van der Waals surface area contributed by atoms with E-state index >= 15 is 0 Å². The van der Waals surface area contributed by atoms with E-state index in [0.29, 0.717) is 5.75 Å². The minimum Gasteiger partial charge on any atom is -0.497 e. The summed E-state index contributed by atoms with van der Waals surface area (Å²) in [4.78, 5) is 13.5. The van der Waals surface area contributed by atoms with Crippen LogP contribution in [-0.2, 0) is 4.79 Å². The number of carbonyl (C=O) groups is 1. The Hall–Kier alpha value is -1.55. The van der Waals surface area contributed by atoms with Crippen LogP contribution in [0.1, 0.15) is 13.8 Å². The van der Waals surface area contributed by atoms with Gasteiger partial charge in [-0.2, -0.15) is 0 Å². The number of likely N-dealkylation sites (N-methyl/N-ethyl adjacent to an activating group) is 1. The molecule has 4 nitrogen and oxygen atoms in total. The van der Waals surface area contributed by atoms with E-state index in [4.69, 9.17) is 10.5 Å². The lowest BCUT2D eigenvalue weighted by Gasteiger charge is -2.26. The Morgan fingerprint density at radius 3 is 2.56 bits per heavy atom. The van der Waals surface area contributed by atoms with Crippen molar-refractivity contribution in [2.24, 2.45) is 5.73 Å². The van der Waals surface area contributed by atoms with E-state index in [1.54, 1.807) is 34.1 Å². The molecule has 0 aliphatic heterocycles. The predicted molar refractivity (Wildman–Crippen MR) is 64.7 cm³/mol. The third kappa shape index (κ3) is 2.73. The molecule has 0 atom stereocenters. The topological polar surface area (TPSA) is 55.6 Å². The average Bonchev–Trinajstić information content (AvgIpc) is 2.26. The van der Waals surface area contributed by atoms with Gasteiger partial charge in [-0.15, -0.1) is 0 Å². The van der Waals surface area contributed by atoms with Gasteiger partial charge in [0.15, 0.2) is 0 Å². The molecule has 0 aliphatic rings. The van der Waals surface area contributed by atoms with Gasteiger partial charge >= 0.3 is 0 Å². The summed E-state index contributed by atoms with van der Waals surface area (Å²) in [5, 5.41) is 0. The molecule has 0 unspecified atom stereocenters. The summed E-state index contributed by atoms with van der Waals surface area (Å²) < 4.78 is 5.10. The van der Waals surface area contributed by atoms with Gasteiger partial charge < -0.3 is 15.4 Å². The van der Waals surface area contributed by atoms with E-state index in [1.165, 1.54) is 4.90 Å². The zero-order valence-corrected chi connectivity index (χ0v) is 10.2. The van der Waals surface area contributed by atoms with Crippen LogP contribution in [0.25, 0.3) is 0 Å². The van der Waals surface area contributed by atoms with E-state index in [0.717, 1.165) is 5.69 Å². The molecule has 16 heavy (non-hydrogen) atoms. The summed E-state index contributed by atoms with van der Waals surface area (Å²) in [7, 11) is 3.29. The molecule has 0 saturated heterocycles. The van der Waals surface area contributed by atoms with Gasteiger partial charge in [-0.05, 0) is 26.0 Å². The summed E-state index contributed by atoms with van der Waals surface area (Å²) in [6.07, 6.45) is 0. The highest BCUT2D eigenvalue weighted by Gasteiger charge is 2.26. The smallest absolute Gasteiger partial charge is 0.246 e. The molecule has 1 rings (SSSR count). The van der Waals surface area contributed by atoms with Crippen molar-refractivity contribution < 1.29 is 9.53 Å². The van der Waals surface area contributed by atoms with Crippen molar-refractivity contribution in [2.45, 2.75) is 19.4 Å². The van der Waals surface area contributed by atoms with Crippen LogP contribution in [0.5, 0.6) is 5.75 Å². The van der Waals surface area contributed by atoms with Crippen LogP contribution < -0.4 is 15.4 Å². The number of ether oxygens (including phenoxy) is 1. The summed E-state index contributed by atoms with van der Waals surface area (Å²) in [6, 6.07) is 7.30. The van der Waals surface area contributed by atoms with Gasteiger partial charge in [0, 0.05) is 18.8 Å². The number of nitrogens with two attached hydrogens (primary N) is 1. The van der Waals surface area contributed by atoms with Gasteiger partial charge in [0.1, 0.15) is 5.75 Å². The molecule has 4 heteroatoms. The van der Waals surface area contributed by atoms with Crippen molar-refractivity contribution in [2.75, 3.05) is 19.1 Å².